The highest BCUT2D eigenvalue weighted by Crippen LogP contribution is 2.44. The van der Waals surface area contributed by atoms with Crippen molar-refractivity contribution >= 4 is 16.9 Å². The second-order valence-electron chi connectivity index (χ2n) is 3.94. The second kappa shape index (κ2) is 6.95. The zero-order valence-electron chi connectivity index (χ0n) is 10.2. The van der Waals surface area contributed by atoms with Crippen LogP contribution in [0, 0.1) is 0 Å². The molecule has 1 nitrogen and oxygen atoms in total. The van der Waals surface area contributed by atoms with E-state index in [1.807, 2.05) is 0 Å². The van der Waals surface area contributed by atoms with Gasteiger partial charge < -0.3 is 0 Å². The molecule has 0 rings (SSSR count). The van der Waals surface area contributed by atoms with Crippen molar-refractivity contribution in [1.29, 1.82) is 0 Å². The van der Waals surface area contributed by atoms with Crippen LogP contribution in [-0.4, -0.2) is 35.1 Å². The highest BCUT2D eigenvalue weighted by atomic mass is 32.2. The molecule has 0 amide bonds. The van der Waals surface area contributed by atoms with Gasteiger partial charge in [0.1, 0.15) is 0 Å². The third-order valence-corrected chi connectivity index (χ3v) is 3.28. The maximum Gasteiger partial charge on any atom is 0.392 e. The van der Waals surface area contributed by atoms with Gasteiger partial charge in [-0.2, -0.15) is 30.7 Å². The Morgan fingerprint density at radius 1 is 1.10 bits per heavy atom. The van der Waals surface area contributed by atoms with Crippen LogP contribution in [0.1, 0.15) is 26.2 Å². The predicted molar refractivity (Wildman–Crippen MR) is 57.8 cm³/mol. The summed E-state index contributed by atoms with van der Waals surface area (Å²) in [5.74, 6) is -11.1. The Morgan fingerprint density at radius 3 is 2.00 bits per heavy atom. The van der Waals surface area contributed by atoms with E-state index in [0.29, 0.717) is 11.8 Å². The van der Waals surface area contributed by atoms with Gasteiger partial charge in [0.05, 0.1) is 6.42 Å². The summed E-state index contributed by atoms with van der Waals surface area (Å²) in [4.78, 5) is 10.8. The first-order valence-electron chi connectivity index (χ1n) is 5.45. The molecule has 0 aliphatic carbocycles. The lowest BCUT2D eigenvalue weighted by Crippen LogP contribution is -2.49. The fourth-order valence-electron chi connectivity index (χ4n) is 1.12. The van der Waals surface area contributed by atoms with Gasteiger partial charge in [0.2, 0.25) is 0 Å². The van der Waals surface area contributed by atoms with E-state index in [0.717, 1.165) is 0 Å². The monoisotopic (exact) mass is 332 g/mol. The van der Waals surface area contributed by atoms with Crippen LogP contribution in [0.2, 0.25) is 0 Å². The fraction of sp³-hybridized carbons (Fsp3) is 0.900. The Kier molecular flexibility index (Phi) is 6.76. The lowest BCUT2D eigenvalue weighted by atomic mass is 10.0. The fourth-order valence-corrected chi connectivity index (χ4v) is 1.91. The molecule has 0 aromatic carbocycles. The van der Waals surface area contributed by atoms with Crippen LogP contribution >= 0.6 is 11.8 Å². The Labute approximate surface area is 114 Å². The van der Waals surface area contributed by atoms with Gasteiger partial charge in [0, 0.05) is 18.6 Å². The summed E-state index contributed by atoms with van der Waals surface area (Å²) in [6, 6.07) is 0. The molecule has 0 spiro atoms. The Morgan fingerprint density at radius 2 is 1.60 bits per heavy atom. The second-order valence-corrected chi connectivity index (χ2v) is 5.09. The van der Waals surface area contributed by atoms with Gasteiger partial charge in [-0.3, -0.25) is 4.79 Å². The number of halogens is 8. The third kappa shape index (κ3) is 5.84. The zero-order valence-corrected chi connectivity index (χ0v) is 11.1. The van der Waals surface area contributed by atoms with Gasteiger partial charge in [-0.25, -0.2) is 4.39 Å². The lowest BCUT2D eigenvalue weighted by molar-refractivity contribution is -0.257. The standard InChI is InChI=1S/C10H12F8OS/c1-2-7(19)20-4-3-8(12,13)10(17,18)6(11)5-9(14,15)16/h6H,2-5H2,1H3. The van der Waals surface area contributed by atoms with Crippen LogP contribution in [-0.2, 0) is 4.79 Å². The number of carbonyl (C=O) groups is 1. The highest BCUT2D eigenvalue weighted by molar-refractivity contribution is 8.13. The smallest absolute Gasteiger partial charge is 0.287 e. The number of hydrogen-bond donors (Lipinski definition) is 0. The maximum absolute atomic E-state index is 13.1. The molecule has 0 aromatic heterocycles. The largest absolute Gasteiger partial charge is 0.392 e. The molecular weight excluding hydrogens is 320 g/mol. The van der Waals surface area contributed by atoms with E-state index in [1.165, 1.54) is 6.92 Å². The summed E-state index contributed by atoms with van der Waals surface area (Å²) in [7, 11) is 0. The Hall–Kier alpha value is -0.540. The van der Waals surface area contributed by atoms with Crippen molar-refractivity contribution < 1.29 is 39.9 Å². The van der Waals surface area contributed by atoms with Crippen LogP contribution in [0.4, 0.5) is 35.1 Å². The van der Waals surface area contributed by atoms with E-state index in [4.69, 9.17) is 0 Å². The molecule has 0 N–H and O–H groups in total. The number of carbonyl (C=O) groups excluding carboxylic acids is 1. The zero-order chi connectivity index (χ0) is 16.2. The molecule has 1 unspecified atom stereocenters. The highest BCUT2D eigenvalue weighted by Gasteiger charge is 2.62. The molecule has 0 aliphatic rings. The van der Waals surface area contributed by atoms with Crippen LogP contribution in [0.15, 0.2) is 0 Å². The van der Waals surface area contributed by atoms with Gasteiger partial charge in [-0.05, 0) is 0 Å². The topological polar surface area (TPSA) is 17.1 Å². The molecule has 10 heteroatoms. The predicted octanol–water partition coefficient (Wildman–Crippen LogP) is 4.61. The summed E-state index contributed by atoms with van der Waals surface area (Å²) in [6.07, 6.45) is -13.6. The van der Waals surface area contributed by atoms with Crippen molar-refractivity contribution in [2.24, 2.45) is 0 Å². The van der Waals surface area contributed by atoms with E-state index in [2.05, 4.69) is 0 Å². The molecule has 0 saturated heterocycles. The number of thioether (sulfide) groups is 1. The molecule has 0 heterocycles. The van der Waals surface area contributed by atoms with Gasteiger partial charge >= 0.3 is 18.0 Å². The molecule has 0 radical (unpaired) electrons. The Bertz CT molecular complexity index is 328. The van der Waals surface area contributed by atoms with Crippen LogP contribution in [0.25, 0.3) is 0 Å². The Balaban J connectivity index is 4.66. The van der Waals surface area contributed by atoms with E-state index >= 15 is 0 Å². The van der Waals surface area contributed by atoms with Crippen molar-refractivity contribution in [3.63, 3.8) is 0 Å². The minimum atomic E-state index is -5.45. The summed E-state index contributed by atoms with van der Waals surface area (Å²) >= 11 is 0.347. The normalized spacial score (nSPS) is 15.2. The molecular formula is C10H12F8OS. The summed E-state index contributed by atoms with van der Waals surface area (Å²) in [5, 5.41) is -0.531. The van der Waals surface area contributed by atoms with Crippen LogP contribution in [0.5, 0.6) is 0 Å². The molecule has 20 heavy (non-hydrogen) atoms. The van der Waals surface area contributed by atoms with Crippen molar-refractivity contribution in [1.82, 2.24) is 0 Å². The summed E-state index contributed by atoms with van der Waals surface area (Å²) < 4.78 is 100. The van der Waals surface area contributed by atoms with Gasteiger partial charge in [0.15, 0.2) is 11.3 Å². The lowest BCUT2D eigenvalue weighted by Gasteiger charge is -2.29. The van der Waals surface area contributed by atoms with Crippen LogP contribution < -0.4 is 0 Å². The van der Waals surface area contributed by atoms with Gasteiger partial charge in [0.25, 0.3) is 0 Å². The molecule has 120 valence electrons. The molecule has 0 aliphatic heterocycles. The summed E-state index contributed by atoms with van der Waals surface area (Å²) in [6.45, 7) is 1.42. The van der Waals surface area contributed by atoms with Gasteiger partial charge in [-0.15, -0.1) is 0 Å². The number of hydrogen-bond acceptors (Lipinski definition) is 2. The molecule has 1 atom stereocenters. The van der Waals surface area contributed by atoms with E-state index in [9.17, 15) is 39.9 Å². The molecule has 0 bridgehead atoms. The molecule has 0 aromatic rings. The first-order valence-corrected chi connectivity index (χ1v) is 6.44. The van der Waals surface area contributed by atoms with Gasteiger partial charge in [-0.1, -0.05) is 18.7 Å². The average molecular weight is 332 g/mol. The minimum absolute atomic E-state index is 0.00750. The van der Waals surface area contributed by atoms with E-state index < -0.39 is 47.9 Å². The molecule has 0 saturated carbocycles. The first kappa shape index (κ1) is 19.5. The quantitative estimate of drug-likeness (QED) is 0.634. The third-order valence-electron chi connectivity index (χ3n) is 2.26. The number of alkyl halides is 8. The minimum Gasteiger partial charge on any atom is -0.287 e. The van der Waals surface area contributed by atoms with Crippen LogP contribution in [0.3, 0.4) is 0 Å². The number of rotatable bonds is 7. The van der Waals surface area contributed by atoms with E-state index in [1.54, 1.807) is 0 Å². The van der Waals surface area contributed by atoms with Crippen molar-refractivity contribution in [2.75, 3.05) is 5.75 Å². The summed E-state index contributed by atoms with van der Waals surface area (Å²) in [5.41, 5.74) is 0. The first-order chi connectivity index (χ1) is 8.83. The maximum atomic E-state index is 13.1. The van der Waals surface area contributed by atoms with E-state index in [-0.39, 0.29) is 6.42 Å². The van der Waals surface area contributed by atoms with Crippen molar-refractivity contribution in [3.05, 3.63) is 0 Å². The SMILES string of the molecule is CCC(=O)SCCC(F)(F)C(F)(F)C(F)CC(F)(F)F. The van der Waals surface area contributed by atoms with Crippen molar-refractivity contribution in [3.8, 4) is 0 Å². The molecule has 0 fully saturated rings. The van der Waals surface area contributed by atoms with Crippen molar-refractivity contribution in [2.45, 2.75) is 50.4 Å². The average Bonchev–Trinajstić information content (AvgIpc) is 2.25.